The van der Waals surface area contributed by atoms with Gasteiger partial charge in [0.2, 0.25) is 0 Å². The fourth-order valence-corrected chi connectivity index (χ4v) is 3.55. The van der Waals surface area contributed by atoms with Crippen molar-refractivity contribution in [3.63, 3.8) is 0 Å². The number of benzene rings is 2. The molecule has 0 unspecified atom stereocenters. The standard InChI is InChI=1S/C25H27FN2O/c1-6-9-23-22(16-24(28(23)4)19-10-8-11-20(26)14-19)17(3)27-21-13-12-18(7-2)25(15-21)29-5/h6,8-16,27H,1,7H2,2-5H3/b22-17+,23-9+. The van der Waals surface area contributed by atoms with E-state index in [1.54, 1.807) is 25.3 Å². The van der Waals surface area contributed by atoms with E-state index in [9.17, 15) is 4.39 Å². The predicted octanol–water partition coefficient (Wildman–Crippen LogP) is 4.61. The maximum Gasteiger partial charge on any atom is 0.124 e. The Bertz CT molecular complexity index is 1160. The average Bonchev–Trinajstić information content (AvgIpc) is 3.04. The van der Waals surface area contributed by atoms with E-state index in [0.29, 0.717) is 0 Å². The van der Waals surface area contributed by atoms with Gasteiger partial charge in [0.25, 0.3) is 0 Å². The number of hydrogen-bond acceptors (Lipinski definition) is 2. The summed E-state index contributed by atoms with van der Waals surface area (Å²) in [5, 5.41) is 5.52. The Labute approximate surface area is 171 Å². The monoisotopic (exact) mass is 390 g/mol. The van der Waals surface area contributed by atoms with Crippen molar-refractivity contribution in [3.8, 4) is 17.0 Å². The lowest BCUT2D eigenvalue weighted by Crippen LogP contribution is -2.30. The van der Waals surface area contributed by atoms with E-state index in [1.165, 1.54) is 11.6 Å². The van der Waals surface area contributed by atoms with Crippen LogP contribution in [0.4, 0.5) is 10.1 Å². The number of methoxy groups -OCH3 is 1. The summed E-state index contributed by atoms with van der Waals surface area (Å²) in [6, 6.07) is 14.9. The molecule has 0 amide bonds. The number of aromatic nitrogens is 1. The Hall–Kier alpha value is -3.27. The minimum atomic E-state index is -0.249. The highest BCUT2D eigenvalue weighted by Crippen LogP contribution is 2.24. The molecule has 3 aromatic rings. The summed E-state index contributed by atoms with van der Waals surface area (Å²) in [5.74, 6) is 0.623. The van der Waals surface area contributed by atoms with Crippen molar-refractivity contribution >= 4 is 17.5 Å². The minimum absolute atomic E-state index is 0.249. The second-order valence-electron chi connectivity index (χ2n) is 6.93. The number of aryl methyl sites for hydroxylation is 1. The van der Waals surface area contributed by atoms with Crippen LogP contribution in [0.1, 0.15) is 19.4 Å². The molecule has 0 radical (unpaired) electrons. The van der Waals surface area contributed by atoms with Crippen LogP contribution in [0.3, 0.4) is 0 Å². The first-order valence-corrected chi connectivity index (χ1v) is 9.67. The average molecular weight is 391 g/mol. The Balaban J connectivity index is 2.13. The Kier molecular flexibility index (Phi) is 6.23. The van der Waals surface area contributed by atoms with Crippen molar-refractivity contribution in [1.29, 1.82) is 0 Å². The number of hydrogen-bond donors (Lipinski definition) is 1. The van der Waals surface area contributed by atoms with Gasteiger partial charge in [0.15, 0.2) is 0 Å². The fourth-order valence-electron chi connectivity index (χ4n) is 3.55. The Morgan fingerprint density at radius 2 is 2.00 bits per heavy atom. The number of nitrogens with one attached hydrogen (secondary N) is 1. The molecule has 0 saturated carbocycles. The number of anilines is 1. The van der Waals surface area contributed by atoms with Crippen LogP contribution in [0.25, 0.3) is 23.0 Å². The third kappa shape index (κ3) is 4.27. The van der Waals surface area contributed by atoms with Crippen molar-refractivity contribution in [2.24, 2.45) is 7.05 Å². The summed E-state index contributed by atoms with van der Waals surface area (Å²) in [4.78, 5) is 0. The molecule has 2 aromatic carbocycles. The van der Waals surface area contributed by atoms with Crippen LogP contribution in [0.2, 0.25) is 0 Å². The molecule has 29 heavy (non-hydrogen) atoms. The van der Waals surface area contributed by atoms with E-state index in [1.807, 2.05) is 32.2 Å². The highest BCUT2D eigenvalue weighted by Gasteiger charge is 2.09. The van der Waals surface area contributed by atoms with Gasteiger partial charge in [-0.25, -0.2) is 4.39 Å². The SMILES string of the molecule is C=C/C=c1\c(=C(/C)Nc2ccc(CC)c(OC)c2)cc(-c2cccc(F)c2)n1C. The van der Waals surface area contributed by atoms with Crippen LogP contribution >= 0.6 is 0 Å². The molecular formula is C25H27FN2O. The van der Waals surface area contributed by atoms with Gasteiger partial charge in [0.05, 0.1) is 7.11 Å². The lowest BCUT2D eigenvalue weighted by atomic mass is 10.1. The van der Waals surface area contributed by atoms with Gasteiger partial charge < -0.3 is 14.6 Å². The zero-order valence-electron chi connectivity index (χ0n) is 17.4. The summed E-state index contributed by atoms with van der Waals surface area (Å²) in [5.41, 5.74) is 4.89. The second-order valence-corrected chi connectivity index (χ2v) is 6.93. The Morgan fingerprint density at radius 1 is 1.21 bits per heavy atom. The van der Waals surface area contributed by atoms with E-state index in [4.69, 9.17) is 4.74 Å². The molecule has 0 bridgehead atoms. The number of ether oxygens (including phenoxy) is 1. The van der Waals surface area contributed by atoms with E-state index in [-0.39, 0.29) is 5.82 Å². The first-order chi connectivity index (χ1) is 14.0. The van der Waals surface area contributed by atoms with Crippen LogP contribution in [0.5, 0.6) is 5.75 Å². The molecule has 0 aliphatic rings. The molecule has 0 fully saturated rings. The number of nitrogens with zero attached hydrogens (tertiary/aromatic N) is 1. The Morgan fingerprint density at radius 3 is 2.66 bits per heavy atom. The van der Waals surface area contributed by atoms with Gasteiger partial charge in [-0.2, -0.15) is 0 Å². The van der Waals surface area contributed by atoms with Gasteiger partial charge in [-0.05, 0) is 49.2 Å². The highest BCUT2D eigenvalue weighted by molar-refractivity contribution is 5.68. The molecule has 0 saturated heterocycles. The van der Waals surface area contributed by atoms with Gasteiger partial charge in [-0.15, -0.1) is 0 Å². The maximum atomic E-state index is 13.8. The zero-order chi connectivity index (χ0) is 21.0. The molecule has 0 atom stereocenters. The van der Waals surface area contributed by atoms with Gasteiger partial charge in [0.1, 0.15) is 11.6 Å². The van der Waals surface area contributed by atoms with Gasteiger partial charge in [0, 0.05) is 46.3 Å². The molecule has 0 aliphatic carbocycles. The van der Waals surface area contributed by atoms with Crippen molar-refractivity contribution in [3.05, 3.63) is 83.1 Å². The van der Waals surface area contributed by atoms with Gasteiger partial charge >= 0.3 is 0 Å². The number of rotatable bonds is 6. The fraction of sp³-hybridized carbons (Fsp3) is 0.200. The minimum Gasteiger partial charge on any atom is -0.496 e. The predicted molar refractivity (Wildman–Crippen MR) is 120 cm³/mol. The van der Waals surface area contributed by atoms with Crippen LogP contribution in [-0.4, -0.2) is 11.7 Å². The van der Waals surface area contributed by atoms with E-state index >= 15 is 0 Å². The molecule has 150 valence electrons. The van der Waals surface area contributed by atoms with Crippen molar-refractivity contribution in [2.45, 2.75) is 20.3 Å². The van der Waals surface area contributed by atoms with Crippen molar-refractivity contribution < 1.29 is 9.13 Å². The summed E-state index contributed by atoms with van der Waals surface area (Å²) in [7, 11) is 3.67. The summed E-state index contributed by atoms with van der Waals surface area (Å²) in [6.45, 7) is 7.99. The molecule has 4 heteroatoms. The largest absolute Gasteiger partial charge is 0.496 e. The molecule has 3 rings (SSSR count). The lowest BCUT2D eigenvalue weighted by Gasteiger charge is -2.11. The normalized spacial score (nSPS) is 12.7. The lowest BCUT2D eigenvalue weighted by molar-refractivity contribution is 0.410. The topological polar surface area (TPSA) is 26.2 Å². The van der Waals surface area contributed by atoms with Crippen LogP contribution < -0.4 is 20.6 Å². The molecule has 1 N–H and O–H groups in total. The number of allylic oxidation sites excluding steroid dienone is 1. The highest BCUT2D eigenvalue weighted by atomic mass is 19.1. The van der Waals surface area contributed by atoms with E-state index in [0.717, 1.165) is 45.4 Å². The van der Waals surface area contributed by atoms with Gasteiger partial charge in [-0.1, -0.05) is 37.8 Å². The smallest absolute Gasteiger partial charge is 0.124 e. The van der Waals surface area contributed by atoms with Crippen LogP contribution in [-0.2, 0) is 13.5 Å². The van der Waals surface area contributed by atoms with E-state index in [2.05, 4.69) is 41.6 Å². The van der Waals surface area contributed by atoms with Crippen molar-refractivity contribution in [1.82, 2.24) is 4.57 Å². The first-order valence-electron chi connectivity index (χ1n) is 9.67. The second kappa shape index (κ2) is 8.82. The zero-order valence-corrected chi connectivity index (χ0v) is 17.4. The summed E-state index contributed by atoms with van der Waals surface area (Å²) < 4.78 is 21.3. The third-order valence-electron chi connectivity index (χ3n) is 5.08. The molecular weight excluding hydrogens is 363 g/mol. The molecule has 0 aliphatic heterocycles. The summed E-state index contributed by atoms with van der Waals surface area (Å²) >= 11 is 0. The van der Waals surface area contributed by atoms with E-state index < -0.39 is 0 Å². The first kappa shape index (κ1) is 20.5. The van der Waals surface area contributed by atoms with Crippen LogP contribution in [0.15, 0.2) is 61.2 Å². The quantitative estimate of drug-likeness (QED) is 0.665. The molecule has 0 spiro atoms. The van der Waals surface area contributed by atoms with Crippen LogP contribution in [0, 0.1) is 5.82 Å². The molecule has 1 aromatic heterocycles. The molecule has 1 heterocycles. The maximum absolute atomic E-state index is 13.8. The van der Waals surface area contributed by atoms with Gasteiger partial charge in [-0.3, -0.25) is 0 Å². The third-order valence-corrected chi connectivity index (χ3v) is 5.08. The number of halogens is 1. The summed E-state index contributed by atoms with van der Waals surface area (Å²) in [6.07, 6.45) is 4.64. The molecule has 3 nitrogen and oxygen atoms in total. The van der Waals surface area contributed by atoms with Crippen molar-refractivity contribution in [2.75, 3.05) is 12.4 Å².